The average molecular weight is 345 g/mol. The highest BCUT2D eigenvalue weighted by molar-refractivity contribution is 5.95. The second kappa shape index (κ2) is 9.44. The molecule has 1 unspecified atom stereocenters. The van der Waals surface area contributed by atoms with Gasteiger partial charge in [0.25, 0.3) is 5.91 Å². The Morgan fingerprint density at radius 1 is 1.24 bits per heavy atom. The van der Waals surface area contributed by atoms with Crippen LogP contribution in [0.25, 0.3) is 0 Å². The first-order valence-corrected chi connectivity index (χ1v) is 9.41. The van der Waals surface area contributed by atoms with E-state index in [2.05, 4.69) is 10.6 Å². The second-order valence-electron chi connectivity index (χ2n) is 7.01. The number of anilines is 1. The average Bonchev–Trinajstić information content (AvgIpc) is 2.66. The molecule has 1 aliphatic carbocycles. The Kier molecular flexibility index (Phi) is 7.29. The molecule has 2 rings (SSSR count). The third-order valence-electron chi connectivity index (χ3n) is 5.07. The van der Waals surface area contributed by atoms with E-state index in [4.69, 9.17) is 0 Å². The van der Waals surface area contributed by atoms with E-state index in [9.17, 15) is 9.59 Å². The van der Waals surface area contributed by atoms with Gasteiger partial charge in [-0.2, -0.15) is 0 Å². The number of nitrogens with zero attached hydrogens (tertiary/aromatic N) is 1. The molecule has 0 saturated heterocycles. The van der Waals surface area contributed by atoms with Crippen molar-refractivity contribution < 1.29 is 9.59 Å². The van der Waals surface area contributed by atoms with Crippen LogP contribution >= 0.6 is 0 Å². The van der Waals surface area contributed by atoms with E-state index >= 15 is 0 Å². The maximum atomic E-state index is 12.4. The lowest BCUT2D eigenvalue weighted by molar-refractivity contribution is -0.130. The van der Waals surface area contributed by atoms with E-state index in [0.717, 1.165) is 24.9 Å². The molecular formula is C20H31N3O2. The van der Waals surface area contributed by atoms with Crippen molar-refractivity contribution in [3.8, 4) is 0 Å². The largest absolute Gasteiger partial charge is 0.376 e. The van der Waals surface area contributed by atoms with Crippen LogP contribution in [0.15, 0.2) is 24.3 Å². The zero-order valence-corrected chi connectivity index (χ0v) is 15.7. The molecule has 1 atom stereocenters. The molecule has 5 heteroatoms. The predicted molar refractivity (Wildman–Crippen MR) is 102 cm³/mol. The number of hydrogen-bond donors (Lipinski definition) is 2. The summed E-state index contributed by atoms with van der Waals surface area (Å²) in [5.41, 5.74) is 1.40. The Labute approximate surface area is 151 Å². The Morgan fingerprint density at radius 3 is 2.64 bits per heavy atom. The van der Waals surface area contributed by atoms with Crippen molar-refractivity contribution in [2.75, 3.05) is 18.9 Å². The van der Waals surface area contributed by atoms with Crippen molar-refractivity contribution in [2.45, 2.75) is 64.5 Å². The van der Waals surface area contributed by atoms with Crippen LogP contribution in [0.3, 0.4) is 0 Å². The fourth-order valence-electron chi connectivity index (χ4n) is 3.15. The quantitative estimate of drug-likeness (QED) is 0.796. The van der Waals surface area contributed by atoms with Gasteiger partial charge in [0.05, 0.1) is 6.54 Å². The normalized spacial score (nSPS) is 16.1. The third kappa shape index (κ3) is 5.76. The van der Waals surface area contributed by atoms with Crippen LogP contribution in [-0.4, -0.2) is 42.4 Å². The van der Waals surface area contributed by atoms with Gasteiger partial charge in [-0.15, -0.1) is 0 Å². The smallest absolute Gasteiger partial charge is 0.251 e. The first-order chi connectivity index (χ1) is 12.0. The highest BCUT2D eigenvalue weighted by atomic mass is 16.2. The van der Waals surface area contributed by atoms with Gasteiger partial charge in [-0.3, -0.25) is 9.59 Å². The molecule has 0 bridgehead atoms. The molecule has 2 N–H and O–H groups in total. The summed E-state index contributed by atoms with van der Waals surface area (Å²) in [6.07, 6.45) is 6.81. The van der Waals surface area contributed by atoms with Gasteiger partial charge in [0.2, 0.25) is 5.91 Å². The number of rotatable bonds is 7. The highest BCUT2D eigenvalue weighted by Crippen LogP contribution is 2.21. The number of benzene rings is 1. The molecule has 0 heterocycles. The lowest BCUT2D eigenvalue weighted by atomic mass is 9.94. The summed E-state index contributed by atoms with van der Waals surface area (Å²) in [5, 5.41) is 6.11. The third-order valence-corrected chi connectivity index (χ3v) is 5.07. The predicted octanol–water partition coefficient (Wildman–Crippen LogP) is 3.42. The van der Waals surface area contributed by atoms with Gasteiger partial charge in [0.1, 0.15) is 0 Å². The summed E-state index contributed by atoms with van der Waals surface area (Å²) in [5.74, 6) is 0.0185. The van der Waals surface area contributed by atoms with E-state index in [1.54, 1.807) is 12.1 Å². The minimum Gasteiger partial charge on any atom is -0.376 e. The van der Waals surface area contributed by atoms with E-state index in [0.29, 0.717) is 11.6 Å². The molecule has 2 amide bonds. The van der Waals surface area contributed by atoms with Gasteiger partial charge in [-0.05, 0) is 44.4 Å². The monoisotopic (exact) mass is 345 g/mol. The fourth-order valence-corrected chi connectivity index (χ4v) is 3.15. The van der Waals surface area contributed by atoms with Crippen LogP contribution in [0, 0.1) is 0 Å². The molecule has 5 nitrogen and oxygen atoms in total. The van der Waals surface area contributed by atoms with E-state index in [-0.39, 0.29) is 24.4 Å². The summed E-state index contributed by atoms with van der Waals surface area (Å²) in [7, 11) is 1.90. The van der Waals surface area contributed by atoms with Crippen LogP contribution in [0.2, 0.25) is 0 Å². The lowest BCUT2D eigenvalue weighted by Gasteiger charge is -2.31. The van der Waals surface area contributed by atoms with E-state index in [1.807, 2.05) is 37.9 Å². The summed E-state index contributed by atoms with van der Waals surface area (Å²) in [4.78, 5) is 26.5. The Morgan fingerprint density at radius 2 is 1.96 bits per heavy atom. The molecule has 1 aromatic carbocycles. The van der Waals surface area contributed by atoms with Gasteiger partial charge in [0.15, 0.2) is 0 Å². The van der Waals surface area contributed by atoms with Gasteiger partial charge in [-0.1, -0.05) is 32.3 Å². The number of hydrogen-bond acceptors (Lipinski definition) is 3. The Balaban J connectivity index is 1.88. The molecule has 0 spiro atoms. The SMILES string of the molecule is CCC(C)NC(=O)c1cccc(NCC(=O)N(C)C2CCCCC2)c1. The number of nitrogens with one attached hydrogen (secondary N) is 2. The topological polar surface area (TPSA) is 61.4 Å². The zero-order chi connectivity index (χ0) is 18.2. The van der Waals surface area contributed by atoms with Crippen LogP contribution < -0.4 is 10.6 Å². The first kappa shape index (κ1) is 19.3. The minimum atomic E-state index is -0.0800. The molecule has 1 fully saturated rings. The lowest BCUT2D eigenvalue weighted by Crippen LogP contribution is -2.41. The van der Waals surface area contributed by atoms with E-state index < -0.39 is 0 Å². The maximum absolute atomic E-state index is 12.4. The molecule has 0 aliphatic heterocycles. The molecule has 1 aromatic rings. The minimum absolute atomic E-state index is 0.0800. The number of carbonyl (C=O) groups excluding carboxylic acids is 2. The molecular weight excluding hydrogens is 314 g/mol. The summed E-state index contributed by atoms with van der Waals surface area (Å²) < 4.78 is 0. The molecule has 25 heavy (non-hydrogen) atoms. The van der Waals surface area contributed by atoms with Crippen molar-refractivity contribution in [3.05, 3.63) is 29.8 Å². The standard InChI is InChI=1S/C20H31N3O2/c1-4-15(2)22-20(25)16-9-8-10-17(13-16)21-14-19(24)23(3)18-11-6-5-7-12-18/h8-10,13,15,18,21H,4-7,11-12,14H2,1-3H3,(H,22,25). The van der Waals surface area contributed by atoms with Crippen molar-refractivity contribution in [3.63, 3.8) is 0 Å². The fraction of sp³-hybridized carbons (Fsp3) is 0.600. The van der Waals surface area contributed by atoms with Crippen molar-refractivity contribution in [2.24, 2.45) is 0 Å². The molecule has 0 aromatic heterocycles. The molecule has 1 saturated carbocycles. The van der Waals surface area contributed by atoms with Gasteiger partial charge in [0, 0.05) is 30.4 Å². The zero-order valence-electron chi connectivity index (χ0n) is 15.7. The summed E-state index contributed by atoms with van der Waals surface area (Å²) in [6, 6.07) is 7.83. The van der Waals surface area contributed by atoms with Crippen LogP contribution in [-0.2, 0) is 4.79 Å². The molecule has 138 valence electrons. The number of likely N-dealkylation sites (N-methyl/N-ethyl adjacent to an activating group) is 1. The summed E-state index contributed by atoms with van der Waals surface area (Å²) in [6.45, 7) is 4.28. The van der Waals surface area contributed by atoms with Crippen LogP contribution in [0.5, 0.6) is 0 Å². The second-order valence-corrected chi connectivity index (χ2v) is 7.01. The number of carbonyl (C=O) groups is 2. The Hall–Kier alpha value is -2.04. The molecule has 1 aliphatic rings. The van der Waals surface area contributed by atoms with Gasteiger partial charge in [-0.25, -0.2) is 0 Å². The maximum Gasteiger partial charge on any atom is 0.251 e. The van der Waals surface area contributed by atoms with E-state index in [1.165, 1.54) is 19.3 Å². The highest BCUT2D eigenvalue weighted by Gasteiger charge is 2.21. The van der Waals surface area contributed by atoms with Crippen molar-refractivity contribution >= 4 is 17.5 Å². The van der Waals surface area contributed by atoms with Gasteiger partial charge >= 0.3 is 0 Å². The van der Waals surface area contributed by atoms with Crippen molar-refractivity contribution in [1.82, 2.24) is 10.2 Å². The van der Waals surface area contributed by atoms with Crippen LogP contribution in [0.1, 0.15) is 62.7 Å². The van der Waals surface area contributed by atoms with Crippen molar-refractivity contribution in [1.29, 1.82) is 0 Å². The number of amides is 2. The first-order valence-electron chi connectivity index (χ1n) is 9.41. The summed E-state index contributed by atoms with van der Waals surface area (Å²) >= 11 is 0. The van der Waals surface area contributed by atoms with Crippen LogP contribution in [0.4, 0.5) is 5.69 Å². The molecule has 0 radical (unpaired) electrons. The Bertz CT molecular complexity index is 582. The van der Waals surface area contributed by atoms with Gasteiger partial charge < -0.3 is 15.5 Å².